The summed E-state index contributed by atoms with van der Waals surface area (Å²) in [7, 11) is 1.42. The lowest BCUT2D eigenvalue weighted by atomic mass is 9.81. The van der Waals surface area contributed by atoms with E-state index in [0.717, 1.165) is 49.2 Å². The molecule has 2 fully saturated rings. The Kier molecular flexibility index (Phi) is 7.68. The standard InChI is InChI=1S/C32H38ClN3O3/c1-39-32(38)23-10-12-25-27(20-23)36-17-14-29(37)35(19-18-34-15-6-3-7-16-34)28-21-24(33)11-13-26(28)31(36)30(25)22-8-4-2-5-9-22/h10-13,20-22H,2-9,14-19H2,1H3. The first-order valence-electron chi connectivity index (χ1n) is 14.6. The molecule has 1 saturated heterocycles. The van der Waals surface area contributed by atoms with E-state index in [4.69, 9.17) is 16.3 Å². The molecule has 3 aromatic rings. The van der Waals surface area contributed by atoms with Crippen LogP contribution in [0.1, 0.15) is 79.6 Å². The van der Waals surface area contributed by atoms with Crippen LogP contribution in [-0.4, -0.2) is 54.6 Å². The highest BCUT2D eigenvalue weighted by Crippen LogP contribution is 2.47. The SMILES string of the molecule is COC(=O)c1ccc2c(C3CCCCC3)c3n(c2c1)CCC(=O)N(CCN1CCCCC1)c1cc(Cl)ccc1-3. The maximum absolute atomic E-state index is 13.8. The summed E-state index contributed by atoms with van der Waals surface area (Å²) >= 11 is 6.59. The second-order valence-corrected chi connectivity index (χ2v) is 11.8. The van der Waals surface area contributed by atoms with Crippen LogP contribution >= 0.6 is 11.6 Å². The van der Waals surface area contributed by atoms with Crippen molar-refractivity contribution in [1.29, 1.82) is 0 Å². The van der Waals surface area contributed by atoms with E-state index >= 15 is 0 Å². The minimum Gasteiger partial charge on any atom is -0.465 e. The Balaban J connectivity index is 1.53. The fourth-order valence-electron chi connectivity index (χ4n) is 7.02. The van der Waals surface area contributed by atoms with Crippen molar-refractivity contribution in [2.75, 3.05) is 38.2 Å². The number of piperidine rings is 1. The van der Waals surface area contributed by atoms with Gasteiger partial charge in [0, 0.05) is 47.5 Å². The molecule has 0 bridgehead atoms. The molecular weight excluding hydrogens is 510 g/mol. The second kappa shape index (κ2) is 11.3. The summed E-state index contributed by atoms with van der Waals surface area (Å²) in [6, 6.07) is 11.9. The summed E-state index contributed by atoms with van der Waals surface area (Å²) in [5.41, 5.74) is 6.04. The molecule has 2 aliphatic heterocycles. The first-order valence-corrected chi connectivity index (χ1v) is 15.0. The normalized spacial score (nSPS) is 18.9. The first-order chi connectivity index (χ1) is 19.0. The van der Waals surface area contributed by atoms with Crippen LogP contribution in [0.5, 0.6) is 0 Å². The fourth-order valence-corrected chi connectivity index (χ4v) is 7.19. The highest BCUT2D eigenvalue weighted by molar-refractivity contribution is 6.31. The Bertz CT molecular complexity index is 1390. The third kappa shape index (κ3) is 5.09. The highest BCUT2D eigenvalue weighted by Gasteiger charge is 2.32. The van der Waals surface area contributed by atoms with Gasteiger partial charge >= 0.3 is 5.97 Å². The third-order valence-electron chi connectivity index (χ3n) is 8.98. The van der Waals surface area contributed by atoms with Crippen LogP contribution in [0.25, 0.3) is 22.2 Å². The average Bonchev–Trinajstić information content (AvgIpc) is 3.29. The number of anilines is 1. The van der Waals surface area contributed by atoms with E-state index in [1.54, 1.807) is 0 Å². The van der Waals surface area contributed by atoms with Gasteiger partial charge in [0.05, 0.1) is 24.1 Å². The summed E-state index contributed by atoms with van der Waals surface area (Å²) in [6.07, 6.45) is 10.2. The summed E-state index contributed by atoms with van der Waals surface area (Å²) in [6.45, 7) is 4.32. The lowest BCUT2D eigenvalue weighted by Gasteiger charge is -2.33. The number of hydrogen-bond donors (Lipinski definition) is 0. The quantitative estimate of drug-likeness (QED) is 0.322. The number of hydrogen-bond acceptors (Lipinski definition) is 4. The van der Waals surface area contributed by atoms with Crippen molar-refractivity contribution in [3.8, 4) is 11.3 Å². The Morgan fingerprint density at radius 3 is 2.49 bits per heavy atom. The third-order valence-corrected chi connectivity index (χ3v) is 9.22. The summed E-state index contributed by atoms with van der Waals surface area (Å²) in [5.74, 6) is 0.220. The van der Waals surface area contributed by atoms with Gasteiger partial charge in [-0.05, 0) is 80.6 Å². The lowest BCUT2D eigenvalue weighted by Crippen LogP contribution is -2.41. The van der Waals surface area contributed by atoms with Crippen molar-refractivity contribution in [1.82, 2.24) is 9.47 Å². The molecule has 0 spiro atoms. The molecule has 206 valence electrons. The van der Waals surface area contributed by atoms with E-state index < -0.39 is 0 Å². The monoisotopic (exact) mass is 547 g/mol. The summed E-state index contributed by atoms with van der Waals surface area (Å²) < 4.78 is 7.34. The van der Waals surface area contributed by atoms with Crippen LogP contribution in [0, 0.1) is 0 Å². The number of carbonyl (C=O) groups excluding carboxylic acids is 2. The van der Waals surface area contributed by atoms with Gasteiger partial charge in [0.1, 0.15) is 0 Å². The van der Waals surface area contributed by atoms with Crippen LogP contribution in [0.15, 0.2) is 36.4 Å². The number of nitrogens with zero attached hydrogens (tertiary/aromatic N) is 3. The topological polar surface area (TPSA) is 54.8 Å². The number of esters is 1. The Hall–Kier alpha value is -2.83. The molecule has 1 aliphatic carbocycles. The number of fused-ring (bicyclic) bond motifs is 5. The summed E-state index contributed by atoms with van der Waals surface area (Å²) in [5, 5.41) is 1.82. The van der Waals surface area contributed by atoms with Crippen molar-refractivity contribution < 1.29 is 14.3 Å². The molecule has 2 aromatic carbocycles. The number of ether oxygens (including phenoxy) is 1. The van der Waals surface area contributed by atoms with Crippen LogP contribution in [0.4, 0.5) is 5.69 Å². The largest absolute Gasteiger partial charge is 0.465 e. The van der Waals surface area contributed by atoms with Gasteiger partial charge in [0.15, 0.2) is 0 Å². The smallest absolute Gasteiger partial charge is 0.337 e. The lowest BCUT2D eigenvalue weighted by molar-refractivity contribution is -0.118. The van der Waals surface area contributed by atoms with Crippen LogP contribution in [0.3, 0.4) is 0 Å². The molecule has 6 nitrogen and oxygen atoms in total. The van der Waals surface area contributed by atoms with Gasteiger partial charge in [-0.25, -0.2) is 4.79 Å². The van der Waals surface area contributed by atoms with Crippen molar-refractivity contribution in [3.63, 3.8) is 0 Å². The fraction of sp³-hybridized carbons (Fsp3) is 0.500. The number of methoxy groups -OCH3 is 1. The zero-order valence-corrected chi connectivity index (χ0v) is 23.6. The molecule has 1 aromatic heterocycles. The molecule has 0 N–H and O–H groups in total. The molecule has 7 heteroatoms. The Morgan fingerprint density at radius 1 is 0.949 bits per heavy atom. The molecule has 0 atom stereocenters. The maximum atomic E-state index is 13.8. The van der Waals surface area contributed by atoms with Gasteiger partial charge in [-0.1, -0.05) is 43.4 Å². The van der Waals surface area contributed by atoms with Crippen molar-refractivity contribution in [2.24, 2.45) is 0 Å². The van der Waals surface area contributed by atoms with E-state index in [2.05, 4.69) is 21.6 Å². The molecule has 1 amide bonds. The van der Waals surface area contributed by atoms with Crippen molar-refractivity contribution >= 4 is 40.1 Å². The van der Waals surface area contributed by atoms with Gasteiger partial charge in [0.25, 0.3) is 0 Å². The van der Waals surface area contributed by atoms with E-state index in [1.807, 2.05) is 29.2 Å². The molecule has 3 heterocycles. The van der Waals surface area contributed by atoms with E-state index in [9.17, 15) is 9.59 Å². The van der Waals surface area contributed by atoms with E-state index in [-0.39, 0.29) is 11.9 Å². The second-order valence-electron chi connectivity index (χ2n) is 11.3. The van der Waals surface area contributed by atoms with E-state index in [0.29, 0.717) is 36.0 Å². The molecule has 39 heavy (non-hydrogen) atoms. The molecule has 1 saturated carbocycles. The predicted molar refractivity (Wildman–Crippen MR) is 157 cm³/mol. The van der Waals surface area contributed by atoms with Gasteiger partial charge in [-0.15, -0.1) is 0 Å². The molecule has 0 unspecified atom stereocenters. The number of aryl methyl sites for hydroxylation is 1. The van der Waals surface area contributed by atoms with E-state index in [1.165, 1.54) is 62.3 Å². The van der Waals surface area contributed by atoms with Gasteiger partial charge in [-0.3, -0.25) is 4.79 Å². The van der Waals surface area contributed by atoms with Crippen LogP contribution < -0.4 is 4.90 Å². The minimum absolute atomic E-state index is 0.117. The maximum Gasteiger partial charge on any atom is 0.337 e. The van der Waals surface area contributed by atoms with Crippen LogP contribution in [-0.2, 0) is 16.1 Å². The highest BCUT2D eigenvalue weighted by atomic mass is 35.5. The number of carbonyl (C=O) groups is 2. The van der Waals surface area contributed by atoms with Crippen molar-refractivity contribution in [2.45, 2.75) is 70.3 Å². The van der Waals surface area contributed by atoms with Crippen LogP contribution in [0.2, 0.25) is 5.02 Å². The zero-order chi connectivity index (χ0) is 26.9. The first kappa shape index (κ1) is 26.4. The number of halogens is 1. The Labute approximate surface area is 235 Å². The number of aromatic nitrogens is 1. The number of likely N-dealkylation sites (tertiary alicyclic amines) is 1. The number of benzene rings is 2. The van der Waals surface area contributed by atoms with Gasteiger partial charge in [0.2, 0.25) is 5.91 Å². The number of rotatable bonds is 5. The summed E-state index contributed by atoms with van der Waals surface area (Å²) in [4.78, 5) is 30.7. The molecular formula is C32H38ClN3O3. The molecule has 3 aliphatic rings. The van der Waals surface area contributed by atoms with Gasteiger partial charge < -0.3 is 19.1 Å². The molecule has 6 rings (SSSR count). The zero-order valence-electron chi connectivity index (χ0n) is 22.9. The number of amides is 1. The average molecular weight is 548 g/mol. The Morgan fingerprint density at radius 2 is 1.72 bits per heavy atom. The van der Waals surface area contributed by atoms with Gasteiger partial charge in [-0.2, -0.15) is 0 Å². The predicted octanol–water partition coefficient (Wildman–Crippen LogP) is 7.02. The molecule has 0 radical (unpaired) electrons. The van der Waals surface area contributed by atoms with Crippen molar-refractivity contribution in [3.05, 3.63) is 52.5 Å². The minimum atomic E-state index is -0.343.